The maximum atomic E-state index is 5.30. The summed E-state index contributed by atoms with van der Waals surface area (Å²) >= 11 is 0. The van der Waals surface area contributed by atoms with Gasteiger partial charge < -0.3 is 4.74 Å². The zero-order valence-corrected chi connectivity index (χ0v) is 7.29. The fraction of sp³-hybridized carbons (Fsp3) is 0.182. The van der Waals surface area contributed by atoms with Crippen molar-refractivity contribution in [2.45, 2.75) is 6.92 Å². The summed E-state index contributed by atoms with van der Waals surface area (Å²) < 4.78 is 5.30. The third-order valence-electron chi connectivity index (χ3n) is 1.50. The fourth-order valence-electron chi connectivity index (χ4n) is 0.978. The van der Waals surface area contributed by atoms with Gasteiger partial charge in [-0.1, -0.05) is 24.3 Å². The molecule has 0 unspecified atom stereocenters. The predicted molar refractivity (Wildman–Crippen MR) is 52.0 cm³/mol. The fourth-order valence-corrected chi connectivity index (χ4v) is 0.978. The van der Waals surface area contributed by atoms with Crippen molar-refractivity contribution in [3.8, 4) is 5.75 Å². The summed E-state index contributed by atoms with van der Waals surface area (Å²) in [6.45, 7) is 6.32. The highest BCUT2D eigenvalue weighted by Crippen LogP contribution is 2.12. The van der Waals surface area contributed by atoms with Crippen molar-refractivity contribution in [3.05, 3.63) is 42.8 Å². The first-order valence-electron chi connectivity index (χ1n) is 4.05. The zero-order valence-electron chi connectivity index (χ0n) is 7.29. The molecule has 0 heterocycles. The average Bonchev–Trinajstić information content (AvgIpc) is 2.09. The first-order chi connectivity index (χ1) is 5.86. The van der Waals surface area contributed by atoms with Gasteiger partial charge in [-0.05, 0) is 31.5 Å². The Morgan fingerprint density at radius 3 is 2.50 bits per heavy atom. The summed E-state index contributed by atoms with van der Waals surface area (Å²) in [7, 11) is 0. The van der Waals surface area contributed by atoms with E-state index < -0.39 is 0 Å². The summed E-state index contributed by atoms with van der Waals surface area (Å²) in [5.41, 5.74) is 1.15. The van der Waals surface area contributed by atoms with E-state index in [1.165, 1.54) is 0 Å². The van der Waals surface area contributed by atoms with E-state index in [4.69, 9.17) is 4.74 Å². The van der Waals surface area contributed by atoms with Crippen LogP contribution < -0.4 is 4.74 Å². The smallest absolute Gasteiger partial charge is 0.119 e. The maximum absolute atomic E-state index is 5.30. The lowest BCUT2D eigenvalue weighted by Gasteiger charge is -2.01. The Bertz CT molecular complexity index is 246. The molecule has 0 spiro atoms. The molecule has 1 aromatic rings. The Hall–Kier alpha value is -1.24. The van der Waals surface area contributed by atoms with Crippen molar-refractivity contribution < 1.29 is 4.74 Å². The summed E-state index contributed by atoms with van der Waals surface area (Å²) in [5.74, 6) is 0.915. The molecule has 0 amide bonds. The third-order valence-corrected chi connectivity index (χ3v) is 1.50. The highest BCUT2D eigenvalue weighted by Gasteiger charge is 1.89. The van der Waals surface area contributed by atoms with Crippen LogP contribution in [0.15, 0.2) is 30.3 Å². The number of hydrogen-bond donors (Lipinski definition) is 0. The normalized spacial score (nSPS) is 10.5. The number of rotatable bonds is 3. The zero-order chi connectivity index (χ0) is 8.81. The molecule has 63 valence electrons. The van der Waals surface area contributed by atoms with Gasteiger partial charge in [0.1, 0.15) is 5.75 Å². The van der Waals surface area contributed by atoms with Crippen LogP contribution in [0.2, 0.25) is 0 Å². The van der Waals surface area contributed by atoms with Gasteiger partial charge in [0, 0.05) is 0 Å². The van der Waals surface area contributed by atoms with E-state index in [2.05, 4.69) is 6.92 Å². The standard InChI is InChI=1S/C11H13O/c1-3-5-10-6-8-11(9-7-10)12-4-2/h3,5-9H,1,4H2,2H3/b5-3+. The largest absolute Gasteiger partial charge is 0.494 e. The molecule has 1 aromatic carbocycles. The van der Waals surface area contributed by atoms with Gasteiger partial charge in [-0.3, -0.25) is 0 Å². The molecule has 0 aliphatic heterocycles. The molecule has 0 aromatic heterocycles. The van der Waals surface area contributed by atoms with E-state index in [1.54, 1.807) is 6.08 Å². The molecule has 1 nitrogen and oxygen atoms in total. The maximum Gasteiger partial charge on any atom is 0.119 e. The van der Waals surface area contributed by atoms with Crippen molar-refractivity contribution in [2.75, 3.05) is 6.61 Å². The second kappa shape index (κ2) is 4.60. The molecule has 0 saturated heterocycles. The minimum Gasteiger partial charge on any atom is -0.494 e. The Balaban J connectivity index is 2.71. The van der Waals surface area contributed by atoms with E-state index in [9.17, 15) is 0 Å². The van der Waals surface area contributed by atoms with Crippen LogP contribution in [0, 0.1) is 6.92 Å². The van der Waals surface area contributed by atoms with E-state index in [-0.39, 0.29) is 0 Å². The Morgan fingerprint density at radius 1 is 1.33 bits per heavy atom. The summed E-state index contributed by atoms with van der Waals surface area (Å²) in [4.78, 5) is 0. The van der Waals surface area contributed by atoms with Crippen LogP contribution in [0.25, 0.3) is 6.08 Å². The molecule has 0 N–H and O–H groups in total. The molecule has 0 fully saturated rings. The molecule has 0 atom stereocenters. The van der Waals surface area contributed by atoms with Crippen molar-refractivity contribution in [2.24, 2.45) is 0 Å². The van der Waals surface area contributed by atoms with Crippen LogP contribution in [0.3, 0.4) is 0 Å². The minimum atomic E-state index is 0.713. The van der Waals surface area contributed by atoms with Crippen LogP contribution in [-0.4, -0.2) is 6.61 Å². The molecular formula is C11H13O. The van der Waals surface area contributed by atoms with Crippen LogP contribution in [0.1, 0.15) is 12.5 Å². The third kappa shape index (κ3) is 2.42. The van der Waals surface area contributed by atoms with Gasteiger partial charge in [0.2, 0.25) is 0 Å². The van der Waals surface area contributed by atoms with Crippen LogP contribution >= 0.6 is 0 Å². The van der Waals surface area contributed by atoms with Gasteiger partial charge in [0.25, 0.3) is 0 Å². The van der Waals surface area contributed by atoms with E-state index in [1.807, 2.05) is 37.3 Å². The molecule has 1 heteroatoms. The van der Waals surface area contributed by atoms with E-state index >= 15 is 0 Å². The lowest BCUT2D eigenvalue weighted by Crippen LogP contribution is -1.90. The highest BCUT2D eigenvalue weighted by atomic mass is 16.5. The summed E-state index contributed by atoms with van der Waals surface area (Å²) in [5, 5.41) is 0. The van der Waals surface area contributed by atoms with E-state index in [0.29, 0.717) is 6.61 Å². The molecule has 0 aliphatic rings. The quantitative estimate of drug-likeness (QED) is 0.662. The molecule has 0 aliphatic carbocycles. The van der Waals surface area contributed by atoms with Crippen LogP contribution in [-0.2, 0) is 0 Å². The van der Waals surface area contributed by atoms with Gasteiger partial charge >= 0.3 is 0 Å². The Labute approximate surface area is 73.7 Å². The van der Waals surface area contributed by atoms with Crippen molar-refractivity contribution >= 4 is 6.08 Å². The second-order valence-corrected chi connectivity index (χ2v) is 2.40. The van der Waals surface area contributed by atoms with Gasteiger partial charge in [-0.25, -0.2) is 0 Å². The summed E-state index contributed by atoms with van der Waals surface area (Å²) in [6, 6.07) is 7.93. The van der Waals surface area contributed by atoms with Crippen molar-refractivity contribution in [3.63, 3.8) is 0 Å². The lowest BCUT2D eigenvalue weighted by molar-refractivity contribution is 0.340. The van der Waals surface area contributed by atoms with Crippen LogP contribution in [0.5, 0.6) is 5.75 Å². The van der Waals surface area contributed by atoms with Gasteiger partial charge in [-0.2, -0.15) is 0 Å². The molecule has 0 bridgehead atoms. The monoisotopic (exact) mass is 161 g/mol. The molecule has 0 saturated carbocycles. The second-order valence-electron chi connectivity index (χ2n) is 2.40. The van der Waals surface area contributed by atoms with Gasteiger partial charge in [-0.15, -0.1) is 0 Å². The number of hydrogen-bond acceptors (Lipinski definition) is 1. The SMILES string of the molecule is [CH2]/C=C/c1ccc(OCC)cc1. The predicted octanol–water partition coefficient (Wildman–Crippen LogP) is 2.93. The molecular weight excluding hydrogens is 148 g/mol. The lowest BCUT2D eigenvalue weighted by atomic mass is 10.2. The van der Waals surface area contributed by atoms with E-state index in [0.717, 1.165) is 11.3 Å². The minimum absolute atomic E-state index is 0.713. The van der Waals surface area contributed by atoms with Crippen molar-refractivity contribution in [1.82, 2.24) is 0 Å². The number of benzene rings is 1. The van der Waals surface area contributed by atoms with Crippen LogP contribution in [0.4, 0.5) is 0 Å². The first-order valence-corrected chi connectivity index (χ1v) is 4.05. The molecule has 1 rings (SSSR count). The number of allylic oxidation sites excluding steroid dienone is 1. The molecule has 1 radical (unpaired) electrons. The van der Waals surface area contributed by atoms with Crippen molar-refractivity contribution in [1.29, 1.82) is 0 Å². The van der Waals surface area contributed by atoms with Gasteiger partial charge in [0.15, 0.2) is 0 Å². The highest BCUT2D eigenvalue weighted by molar-refractivity contribution is 5.50. The number of ether oxygens (including phenoxy) is 1. The Kier molecular flexibility index (Phi) is 3.39. The first kappa shape index (κ1) is 8.85. The molecule has 12 heavy (non-hydrogen) atoms. The summed E-state index contributed by atoms with van der Waals surface area (Å²) in [6.07, 6.45) is 3.73. The van der Waals surface area contributed by atoms with Gasteiger partial charge in [0.05, 0.1) is 6.61 Å². The Morgan fingerprint density at radius 2 is 2.00 bits per heavy atom. The topological polar surface area (TPSA) is 9.23 Å². The average molecular weight is 161 g/mol.